The molecule has 4 nitrogen and oxygen atoms in total. The molecule has 108 valence electrons. The fourth-order valence-electron chi connectivity index (χ4n) is 1.98. The average Bonchev–Trinajstić information content (AvgIpc) is 2.62. The molecule has 7 heteroatoms. The Kier molecular flexibility index (Phi) is 3.96. The summed E-state index contributed by atoms with van der Waals surface area (Å²) in [5.74, 6) is -0.656. The lowest BCUT2D eigenvalue weighted by Crippen LogP contribution is -2.34. The molecule has 0 aromatic heterocycles. The van der Waals surface area contributed by atoms with Crippen molar-refractivity contribution in [2.75, 3.05) is 19.6 Å². The zero-order valence-electron chi connectivity index (χ0n) is 10.5. The molecule has 0 unspecified atom stereocenters. The molecule has 20 heavy (non-hydrogen) atoms. The van der Waals surface area contributed by atoms with Crippen LogP contribution in [0.25, 0.3) is 0 Å². The lowest BCUT2D eigenvalue weighted by molar-refractivity contribution is -0.137. The zero-order chi connectivity index (χ0) is 14.8. The first kappa shape index (κ1) is 14.4. The third kappa shape index (κ3) is 3.28. The number of halogens is 3. The van der Waals surface area contributed by atoms with Crippen molar-refractivity contribution < 1.29 is 22.8 Å². The van der Waals surface area contributed by atoms with Gasteiger partial charge in [-0.15, -0.1) is 0 Å². The van der Waals surface area contributed by atoms with Crippen LogP contribution in [0.5, 0.6) is 0 Å². The largest absolute Gasteiger partial charge is 0.416 e. The highest BCUT2D eigenvalue weighted by Crippen LogP contribution is 2.29. The predicted octanol–water partition coefficient (Wildman–Crippen LogP) is 1.67. The lowest BCUT2D eigenvalue weighted by atomic mass is 10.1. The highest BCUT2D eigenvalue weighted by molar-refractivity contribution is 5.95. The first-order chi connectivity index (χ1) is 9.38. The van der Waals surface area contributed by atoms with Gasteiger partial charge in [0.05, 0.1) is 5.56 Å². The monoisotopic (exact) mass is 286 g/mol. The van der Waals surface area contributed by atoms with Crippen LogP contribution in [0.2, 0.25) is 0 Å². The number of amides is 2. The summed E-state index contributed by atoms with van der Waals surface area (Å²) in [6.45, 7) is 0.811. The van der Waals surface area contributed by atoms with Crippen LogP contribution in [0.1, 0.15) is 22.3 Å². The molecule has 0 spiro atoms. The van der Waals surface area contributed by atoms with E-state index < -0.39 is 17.6 Å². The van der Waals surface area contributed by atoms with Crippen LogP contribution in [0.3, 0.4) is 0 Å². The topological polar surface area (TPSA) is 49.4 Å². The van der Waals surface area contributed by atoms with E-state index in [1.165, 1.54) is 17.0 Å². The van der Waals surface area contributed by atoms with Gasteiger partial charge in [0, 0.05) is 31.6 Å². The minimum Gasteiger partial charge on any atom is -0.354 e. The number of benzene rings is 1. The van der Waals surface area contributed by atoms with E-state index >= 15 is 0 Å². The van der Waals surface area contributed by atoms with Gasteiger partial charge in [-0.3, -0.25) is 9.59 Å². The van der Waals surface area contributed by atoms with Crippen molar-refractivity contribution in [3.05, 3.63) is 35.4 Å². The number of hydrogen-bond donors (Lipinski definition) is 1. The van der Waals surface area contributed by atoms with Gasteiger partial charge in [0.1, 0.15) is 0 Å². The Hall–Kier alpha value is -2.05. The Bertz CT molecular complexity index is 529. The van der Waals surface area contributed by atoms with Gasteiger partial charge in [0.15, 0.2) is 0 Å². The molecule has 0 atom stereocenters. The number of rotatable bonds is 1. The van der Waals surface area contributed by atoms with E-state index in [1.807, 2.05) is 0 Å². The minimum atomic E-state index is -4.48. The molecule has 2 rings (SSSR count). The molecule has 1 N–H and O–H groups in total. The standard InChI is InChI=1S/C13H13F3N2O2/c14-13(15,16)10-3-1-2-9(8-10)12(20)18-6-4-11(19)17-5-7-18/h1-3,8H,4-7H2,(H,17,19). The van der Waals surface area contributed by atoms with Gasteiger partial charge in [0.2, 0.25) is 5.91 Å². The highest BCUT2D eigenvalue weighted by atomic mass is 19.4. The molecule has 1 aromatic rings. The summed E-state index contributed by atoms with van der Waals surface area (Å²) in [5, 5.41) is 2.60. The molecular weight excluding hydrogens is 273 g/mol. The summed E-state index contributed by atoms with van der Waals surface area (Å²) in [6, 6.07) is 4.31. The van der Waals surface area contributed by atoms with Gasteiger partial charge in [-0.25, -0.2) is 0 Å². The molecular formula is C13H13F3N2O2. The zero-order valence-corrected chi connectivity index (χ0v) is 10.5. The second-order valence-electron chi connectivity index (χ2n) is 4.47. The number of nitrogens with one attached hydrogen (secondary N) is 1. The molecule has 1 fully saturated rings. The van der Waals surface area contributed by atoms with Crippen LogP contribution in [0.15, 0.2) is 24.3 Å². The normalized spacial score (nSPS) is 16.6. The van der Waals surface area contributed by atoms with Gasteiger partial charge in [-0.2, -0.15) is 13.2 Å². The third-order valence-electron chi connectivity index (χ3n) is 3.04. The smallest absolute Gasteiger partial charge is 0.354 e. The number of carbonyl (C=O) groups is 2. The van der Waals surface area contributed by atoms with E-state index in [9.17, 15) is 22.8 Å². The van der Waals surface area contributed by atoms with E-state index in [4.69, 9.17) is 0 Å². The Balaban J connectivity index is 2.18. The van der Waals surface area contributed by atoms with Crippen molar-refractivity contribution in [1.29, 1.82) is 0 Å². The maximum absolute atomic E-state index is 12.6. The maximum atomic E-state index is 12.6. The van der Waals surface area contributed by atoms with Gasteiger partial charge in [0.25, 0.3) is 5.91 Å². The van der Waals surface area contributed by atoms with Crippen LogP contribution >= 0.6 is 0 Å². The number of nitrogens with zero attached hydrogens (tertiary/aromatic N) is 1. The lowest BCUT2D eigenvalue weighted by Gasteiger charge is -2.20. The molecule has 2 amide bonds. The van der Waals surface area contributed by atoms with Crippen molar-refractivity contribution in [1.82, 2.24) is 10.2 Å². The van der Waals surface area contributed by atoms with E-state index in [-0.39, 0.29) is 24.4 Å². The van der Waals surface area contributed by atoms with Crippen LogP contribution in [0.4, 0.5) is 13.2 Å². The summed E-state index contributed by atoms with van der Waals surface area (Å²) in [6.07, 6.45) is -4.32. The quantitative estimate of drug-likeness (QED) is 0.853. The molecule has 0 radical (unpaired) electrons. The van der Waals surface area contributed by atoms with Crippen molar-refractivity contribution in [3.63, 3.8) is 0 Å². The van der Waals surface area contributed by atoms with Crippen molar-refractivity contribution in [2.45, 2.75) is 12.6 Å². The predicted molar refractivity (Wildman–Crippen MR) is 65.0 cm³/mol. The fourth-order valence-corrected chi connectivity index (χ4v) is 1.98. The van der Waals surface area contributed by atoms with Crippen LogP contribution in [-0.4, -0.2) is 36.3 Å². The first-order valence-corrected chi connectivity index (χ1v) is 6.11. The minimum absolute atomic E-state index is 0.0193. The summed E-state index contributed by atoms with van der Waals surface area (Å²) < 4.78 is 37.8. The molecule has 1 aliphatic rings. The highest BCUT2D eigenvalue weighted by Gasteiger charge is 2.31. The molecule has 0 saturated carbocycles. The Labute approximate surface area is 113 Å². The molecule has 0 aliphatic carbocycles. The molecule has 1 saturated heterocycles. The average molecular weight is 286 g/mol. The van der Waals surface area contributed by atoms with E-state index in [1.54, 1.807) is 0 Å². The third-order valence-corrected chi connectivity index (χ3v) is 3.04. The molecule has 1 aliphatic heterocycles. The second-order valence-corrected chi connectivity index (χ2v) is 4.47. The Morgan fingerprint density at radius 3 is 2.70 bits per heavy atom. The Morgan fingerprint density at radius 1 is 1.25 bits per heavy atom. The van der Waals surface area contributed by atoms with Gasteiger partial charge in [-0.1, -0.05) is 6.07 Å². The van der Waals surface area contributed by atoms with Crippen molar-refractivity contribution >= 4 is 11.8 Å². The van der Waals surface area contributed by atoms with Gasteiger partial charge in [-0.05, 0) is 18.2 Å². The summed E-state index contributed by atoms with van der Waals surface area (Å²) in [4.78, 5) is 24.7. The summed E-state index contributed by atoms with van der Waals surface area (Å²) >= 11 is 0. The van der Waals surface area contributed by atoms with Crippen molar-refractivity contribution in [3.8, 4) is 0 Å². The number of hydrogen-bond acceptors (Lipinski definition) is 2. The number of alkyl halides is 3. The van der Waals surface area contributed by atoms with E-state index in [0.717, 1.165) is 12.1 Å². The molecule has 0 bridgehead atoms. The Morgan fingerprint density at radius 2 is 2.00 bits per heavy atom. The molecule has 1 heterocycles. The first-order valence-electron chi connectivity index (χ1n) is 6.11. The van der Waals surface area contributed by atoms with Crippen LogP contribution in [0, 0.1) is 0 Å². The van der Waals surface area contributed by atoms with Crippen LogP contribution in [-0.2, 0) is 11.0 Å². The fraction of sp³-hybridized carbons (Fsp3) is 0.385. The van der Waals surface area contributed by atoms with Gasteiger partial charge < -0.3 is 10.2 Å². The SMILES string of the molecule is O=C1CCN(C(=O)c2cccc(C(F)(F)F)c2)CCN1. The summed E-state index contributed by atoms with van der Waals surface area (Å²) in [7, 11) is 0. The summed E-state index contributed by atoms with van der Waals surface area (Å²) in [5.41, 5.74) is -0.874. The van der Waals surface area contributed by atoms with Crippen molar-refractivity contribution in [2.24, 2.45) is 0 Å². The maximum Gasteiger partial charge on any atom is 0.416 e. The second kappa shape index (κ2) is 5.52. The number of carbonyl (C=O) groups excluding carboxylic acids is 2. The van der Waals surface area contributed by atoms with Crippen LogP contribution < -0.4 is 5.32 Å². The van der Waals surface area contributed by atoms with E-state index in [2.05, 4.69) is 5.32 Å². The molecule has 1 aromatic carbocycles. The van der Waals surface area contributed by atoms with E-state index in [0.29, 0.717) is 13.1 Å². The van der Waals surface area contributed by atoms with Gasteiger partial charge >= 0.3 is 6.18 Å².